The van der Waals surface area contributed by atoms with E-state index in [4.69, 9.17) is 4.52 Å². The summed E-state index contributed by atoms with van der Waals surface area (Å²) < 4.78 is 31.3. The summed E-state index contributed by atoms with van der Waals surface area (Å²) in [6.45, 7) is 1.73. The van der Waals surface area contributed by atoms with Gasteiger partial charge in [-0.15, -0.1) is 0 Å². The predicted molar refractivity (Wildman–Crippen MR) is 84.3 cm³/mol. The Morgan fingerprint density at radius 1 is 1.36 bits per heavy atom. The predicted octanol–water partition coefficient (Wildman–Crippen LogP) is 3.95. The fraction of sp³-hybridized carbons (Fsp3) is 0.200. The molecule has 7 heteroatoms. The van der Waals surface area contributed by atoms with Crippen molar-refractivity contribution < 1.29 is 13.1 Å². The van der Waals surface area contributed by atoms with Gasteiger partial charge in [-0.1, -0.05) is 23.4 Å². The lowest BCUT2D eigenvalue weighted by Crippen LogP contribution is -2.08. The smallest absolute Gasteiger partial charge is 0.258 e. The Kier molecular flexibility index (Phi) is 4.44. The number of hydrogen-bond donors (Lipinski definition) is 0. The molecule has 0 bridgehead atoms. The summed E-state index contributed by atoms with van der Waals surface area (Å²) in [7, 11) is -1.33. The second-order valence-electron chi connectivity index (χ2n) is 4.72. The van der Waals surface area contributed by atoms with Crippen LogP contribution in [0, 0.1) is 5.82 Å². The van der Waals surface area contributed by atoms with Gasteiger partial charge in [-0.2, -0.15) is 16.3 Å². The Hall–Kier alpha value is -1.86. The van der Waals surface area contributed by atoms with Gasteiger partial charge in [0.05, 0.1) is 16.6 Å². The van der Waals surface area contributed by atoms with Crippen molar-refractivity contribution in [3.8, 4) is 11.5 Å². The Bertz CT molecular complexity index is 786. The number of aromatic nitrogens is 2. The van der Waals surface area contributed by atoms with Crippen LogP contribution in [0.5, 0.6) is 0 Å². The second kappa shape index (κ2) is 6.50. The molecule has 0 aliphatic carbocycles. The molecule has 0 radical (unpaired) electrons. The number of nitrogens with zero attached hydrogens (tertiary/aromatic N) is 2. The quantitative estimate of drug-likeness (QED) is 0.708. The summed E-state index contributed by atoms with van der Waals surface area (Å²) in [5.41, 5.74) is 1.28. The molecule has 3 rings (SSSR count). The van der Waals surface area contributed by atoms with Gasteiger partial charge in [0.2, 0.25) is 0 Å². The van der Waals surface area contributed by atoms with Gasteiger partial charge in [-0.05, 0) is 24.4 Å². The van der Waals surface area contributed by atoms with Crippen molar-refractivity contribution in [1.82, 2.24) is 10.1 Å². The van der Waals surface area contributed by atoms with Crippen molar-refractivity contribution in [2.75, 3.05) is 0 Å². The van der Waals surface area contributed by atoms with E-state index < -0.39 is 16.0 Å². The SMILES string of the molecule is C[C@@H](c1ccccc1F)[S@](=O)Cc1noc(-c2ccsc2)n1. The highest BCUT2D eigenvalue weighted by Crippen LogP contribution is 2.25. The Morgan fingerprint density at radius 2 is 2.18 bits per heavy atom. The average molecular weight is 336 g/mol. The van der Waals surface area contributed by atoms with E-state index in [-0.39, 0.29) is 11.6 Å². The van der Waals surface area contributed by atoms with Gasteiger partial charge >= 0.3 is 0 Å². The molecule has 0 N–H and O–H groups in total. The monoisotopic (exact) mass is 336 g/mol. The third-order valence-corrected chi connectivity index (χ3v) is 5.51. The summed E-state index contributed by atoms with van der Waals surface area (Å²) >= 11 is 1.53. The van der Waals surface area contributed by atoms with Gasteiger partial charge in [0.25, 0.3) is 5.89 Å². The molecule has 0 unspecified atom stereocenters. The van der Waals surface area contributed by atoms with Gasteiger partial charge in [-0.25, -0.2) is 4.39 Å². The molecule has 0 fully saturated rings. The Labute approximate surface area is 133 Å². The van der Waals surface area contributed by atoms with E-state index in [0.29, 0.717) is 17.3 Å². The van der Waals surface area contributed by atoms with E-state index >= 15 is 0 Å². The average Bonchev–Trinajstić information content (AvgIpc) is 3.17. The van der Waals surface area contributed by atoms with Crippen LogP contribution in [0.3, 0.4) is 0 Å². The van der Waals surface area contributed by atoms with Gasteiger partial charge in [0.15, 0.2) is 5.82 Å². The zero-order valence-corrected chi connectivity index (χ0v) is 13.4. The van der Waals surface area contributed by atoms with Crippen LogP contribution < -0.4 is 0 Å². The molecule has 4 nitrogen and oxygen atoms in total. The second-order valence-corrected chi connectivity index (χ2v) is 7.25. The minimum Gasteiger partial charge on any atom is -0.334 e. The standard InChI is InChI=1S/C15H13FN2O2S2/c1-10(12-4-2-3-5-13(12)16)22(19)9-14-17-15(20-18-14)11-6-7-21-8-11/h2-8,10H,9H2,1H3/t10-,22+/m0/s1. The van der Waals surface area contributed by atoms with Crippen LogP contribution in [0.25, 0.3) is 11.5 Å². The molecule has 2 atom stereocenters. The number of thiophene rings is 1. The lowest BCUT2D eigenvalue weighted by Gasteiger charge is -2.11. The topological polar surface area (TPSA) is 56.0 Å². The van der Waals surface area contributed by atoms with Crippen LogP contribution in [0.1, 0.15) is 23.6 Å². The first-order valence-electron chi connectivity index (χ1n) is 6.62. The van der Waals surface area contributed by atoms with Crippen molar-refractivity contribution in [2.24, 2.45) is 0 Å². The molecule has 0 spiro atoms. The van der Waals surface area contributed by atoms with Crippen LogP contribution in [0.4, 0.5) is 4.39 Å². The van der Waals surface area contributed by atoms with Crippen LogP contribution in [-0.4, -0.2) is 14.3 Å². The van der Waals surface area contributed by atoms with Crippen LogP contribution in [-0.2, 0) is 16.6 Å². The zero-order valence-electron chi connectivity index (χ0n) is 11.7. The number of rotatable bonds is 5. The van der Waals surface area contributed by atoms with Crippen molar-refractivity contribution in [3.05, 3.63) is 58.3 Å². The minimum absolute atomic E-state index is 0.128. The third-order valence-electron chi connectivity index (χ3n) is 3.25. The number of hydrogen-bond acceptors (Lipinski definition) is 5. The lowest BCUT2D eigenvalue weighted by atomic mass is 10.1. The highest BCUT2D eigenvalue weighted by molar-refractivity contribution is 7.84. The summed E-state index contributed by atoms with van der Waals surface area (Å²) in [6, 6.07) is 8.23. The molecule has 2 aromatic heterocycles. The minimum atomic E-state index is -1.33. The molecule has 114 valence electrons. The van der Waals surface area contributed by atoms with Crippen molar-refractivity contribution in [2.45, 2.75) is 17.9 Å². The molecule has 0 aliphatic heterocycles. The van der Waals surface area contributed by atoms with Gasteiger partial charge in [-0.3, -0.25) is 4.21 Å². The Morgan fingerprint density at radius 3 is 2.91 bits per heavy atom. The van der Waals surface area contributed by atoms with E-state index in [1.165, 1.54) is 17.4 Å². The van der Waals surface area contributed by atoms with E-state index in [9.17, 15) is 8.60 Å². The number of benzene rings is 1. The first-order valence-corrected chi connectivity index (χ1v) is 8.94. The zero-order chi connectivity index (χ0) is 15.5. The van der Waals surface area contributed by atoms with E-state index in [2.05, 4.69) is 10.1 Å². The molecule has 0 saturated carbocycles. The Balaban J connectivity index is 1.73. The van der Waals surface area contributed by atoms with Gasteiger partial charge < -0.3 is 4.52 Å². The van der Waals surface area contributed by atoms with Gasteiger partial charge in [0, 0.05) is 21.7 Å². The summed E-state index contributed by atoms with van der Waals surface area (Å²) in [4.78, 5) is 4.23. The molecular weight excluding hydrogens is 323 g/mol. The first-order chi connectivity index (χ1) is 10.6. The molecule has 22 heavy (non-hydrogen) atoms. The van der Waals surface area contributed by atoms with Crippen LogP contribution in [0.15, 0.2) is 45.6 Å². The van der Waals surface area contributed by atoms with E-state index in [1.54, 1.807) is 25.1 Å². The molecule has 3 aromatic rings. The maximum atomic E-state index is 13.7. The molecule has 0 amide bonds. The summed E-state index contributed by atoms with van der Waals surface area (Å²) in [5.74, 6) is 0.549. The molecule has 1 aromatic carbocycles. The lowest BCUT2D eigenvalue weighted by molar-refractivity contribution is 0.425. The highest BCUT2D eigenvalue weighted by atomic mass is 32.2. The highest BCUT2D eigenvalue weighted by Gasteiger charge is 2.20. The summed E-state index contributed by atoms with van der Waals surface area (Å²) in [5, 5.41) is 7.22. The van der Waals surface area contributed by atoms with Crippen molar-refractivity contribution in [1.29, 1.82) is 0 Å². The normalized spacial score (nSPS) is 13.9. The molecular formula is C15H13FN2O2S2. The van der Waals surface area contributed by atoms with Crippen molar-refractivity contribution >= 4 is 22.1 Å². The molecule has 0 saturated heterocycles. The third kappa shape index (κ3) is 3.15. The van der Waals surface area contributed by atoms with Crippen LogP contribution in [0.2, 0.25) is 0 Å². The fourth-order valence-corrected chi connectivity index (χ4v) is 3.74. The summed E-state index contributed by atoms with van der Waals surface area (Å²) in [6.07, 6.45) is 0. The fourth-order valence-electron chi connectivity index (χ4n) is 2.01. The maximum absolute atomic E-state index is 13.7. The van der Waals surface area contributed by atoms with E-state index in [0.717, 1.165) is 5.56 Å². The van der Waals surface area contributed by atoms with Gasteiger partial charge in [0.1, 0.15) is 5.82 Å². The van der Waals surface area contributed by atoms with E-state index in [1.807, 2.05) is 16.8 Å². The maximum Gasteiger partial charge on any atom is 0.258 e. The largest absolute Gasteiger partial charge is 0.334 e. The van der Waals surface area contributed by atoms with Crippen LogP contribution >= 0.6 is 11.3 Å². The molecule has 0 aliphatic rings. The first kappa shape index (κ1) is 15.1. The number of halogens is 1. The molecule has 2 heterocycles. The van der Waals surface area contributed by atoms with Crippen molar-refractivity contribution in [3.63, 3.8) is 0 Å².